The number of hydrogen-bond donors (Lipinski definition) is 10. The number of rotatable bonds is 8. The van der Waals surface area contributed by atoms with Crippen LogP contribution in [0.3, 0.4) is 0 Å². The molecule has 2 aromatic heterocycles. The van der Waals surface area contributed by atoms with Gasteiger partial charge in [0.1, 0.15) is 48.6 Å². The molecule has 18 nitrogen and oxygen atoms in total. The van der Waals surface area contributed by atoms with Crippen molar-refractivity contribution in [2.75, 3.05) is 58.6 Å². The maximum atomic E-state index is 11.6. The summed E-state index contributed by atoms with van der Waals surface area (Å²) in [5, 5.41) is 34.9. The summed E-state index contributed by atoms with van der Waals surface area (Å²) >= 11 is 5.65. The lowest BCUT2D eigenvalue weighted by Gasteiger charge is -2.27. The zero-order chi connectivity index (χ0) is 38.9. The molecule has 2 aromatic carbocycles. The summed E-state index contributed by atoms with van der Waals surface area (Å²) in [5.74, 6) is 1.55. The van der Waals surface area contributed by atoms with Gasteiger partial charge in [-0.05, 0) is 86.5 Å². The number of ether oxygens (including phenoxy) is 2. The number of fused-ring (bicyclic) bond motifs is 2. The molecule has 55 heavy (non-hydrogen) atoms. The molecule has 4 aromatic rings. The number of primary amides is 2. The molecule has 0 spiro atoms. The third-order valence-electron chi connectivity index (χ3n) is 9.13. The zero-order valence-corrected chi connectivity index (χ0v) is 30.7. The molecule has 0 radical (unpaired) electrons. The number of carbonyl (C=O) groups excluding carboxylic acids is 2. The van der Waals surface area contributed by atoms with E-state index in [9.17, 15) is 19.8 Å². The lowest BCUT2D eigenvalue weighted by atomic mass is 9.93. The molecule has 13 N–H and O–H groups in total. The maximum absolute atomic E-state index is 11.6. The van der Waals surface area contributed by atoms with Gasteiger partial charge in [0.05, 0.1) is 22.5 Å². The summed E-state index contributed by atoms with van der Waals surface area (Å²) in [5.41, 5.74) is 19.9. The third-order valence-corrected chi connectivity index (χ3v) is 9.31. The van der Waals surface area contributed by atoms with Crippen molar-refractivity contribution in [1.82, 2.24) is 19.9 Å². The Hall–Kier alpha value is -5.85. The summed E-state index contributed by atoms with van der Waals surface area (Å²) < 4.78 is 10.9. The minimum atomic E-state index is -0.562. The Morgan fingerprint density at radius 1 is 0.764 bits per heavy atom. The summed E-state index contributed by atoms with van der Waals surface area (Å²) in [6.45, 7) is 1.48. The number of nitrogens with zero attached hydrogens (tertiary/aromatic N) is 4. The normalized spacial score (nSPS) is 18.5. The average Bonchev–Trinajstić information content (AvgIpc) is 3.43. The molecule has 2 atom stereocenters. The van der Waals surface area contributed by atoms with Crippen LogP contribution in [-0.4, -0.2) is 92.6 Å². The number of anilines is 7. The topological polar surface area (TPSA) is 283 Å². The SMILES string of the molecule is NC(=O)c1cnc(Cl)nc1NC1CCC1.NC(=O)c1cnc(Nc2ccc3c(c2)NCC(O)CO3)nc1NC1CCC1.Nc1ccc2c(c1)NCC(O)CO2. The van der Waals surface area contributed by atoms with Gasteiger partial charge in [0.2, 0.25) is 11.2 Å². The van der Waals surface area contributed by atoms with Crippen LogP contribution < -0.4 is 53.3 Å². The van der Waals surface area contributed by atoms with Gasteiger partial charge in [-0.25, -0.2) is 9.97 Å². The summed E-state index contributed by atoms with van der Waals surface area (Å²) in [6, 6.07) is 11.6. The van der Waals surface area contributed by atoms with E-state index in [0.717, 1.165) is 48.5 Å². The fraction of sp³-hybridized carbons (Fsp3) is 0.389. The van der Waals surface area contributed by atoms with Crippen LogP contribution in [0.25, 0.3) is 0 Å². The van der Waals surface area contributed by atoms with Gasteiger partial charge >= 0.3 is 0 Å². The van der Waals surface area contributed by atoms with Gasteiger partial charge in [-0.2, -0.15) is 9.97 Å². The molecule has 2 fully saturated rings. The Morgan fingerprint density at radius 2 is 1.29 bits per heavy atom. The molecule has 2 aliphatic heterocycles. The number of aliphatic hydroxyl groups is 2. The first-order valence-corrected chi connectivity index (χ1v) is 18.3. The molecule has 4 heterocycles. The van der Waals surface area contributed by atoms with Gasteiger partial charge in [0.15, 0.2) is 0 Å². The number of aromatic nitrogens is 4. The molecule has 2 unspecified atom stereocenters. The second kappa shape index (κ2) is 18.0. The fourth-order valence-corrected chi connectivity index (χ4v) is 5.77. The van der Waals surface area contributed by atoms with Crippen molar-refractivity contribution < 1.29 is 29.3 Å². The molecule has 19 heteroatoms. The van der Waals surface area contributed by atoms with Gasteiger partial charge in [-0.15, -0.1) is 0 Å². The number of hydrogen-bond acceptors (Lipinski definition) is 16. The molecule has 8 rings (SSSR count). The molecule has 292 valence electrons. The largest absolute Gasteiger partial charge is 0.489 e. The van der Waals surface area contributed by atoms with E-state index in [1.165, 1.54) is 25.2 Å². The number of nitrogens with one attached hydrogen (secondary N) is 5. The van der Waals surface area contributed by atoms with Crippen LogP contribution in [0.2, 0.25) is 5.28 Å². The predicted molar refractivity (Wildman–Crippen MR) is 209 cm³/mol. The number of halogens is 1. The zero-order valence-electron chi connectivity index (χ0n) is 29.9. The van der Waals surface area contributed by atoms with Crippen LogP contribution in [0.4, 0.5) is 40.3 Å². The van der Waals surface area contributed by atoms with E-state index in [1.807, 2.05) is 18.2 Å². The van der Waals surface area contributed by atoms with E-state index >= 15 is 0 Å². The van der Waals surface area contributed by atoms with Gasteiger partial charge < -0.3 is 63.5 Å². The highest BCUT2D eigenvalue weighted by Crippen LogP contribution is 2.32. The fourth-order valence-electron chi connectivity index (χ4n) is 5.63. The lowest BCUT2D eigenvalue weighted by Crippen LogP contribution is -2.29. The van der Waals surface area contributed by atoms with Crippen molar-refractivity contribution in [1.29, 1.82) is 0 Å². The number of benzene rings is 2. The highest BCUT2D eigenvalue weighted by atomic mass is 35.5. The molecule has 0 saturated heterocycles. The highest BCUT2D eigenvalue weighted by Gasteiger charge is 2.23. The van der Waals surface area contributed by atoms with E-state index in [4.69, 9.17) is 38.3 Å². The van der Waals surface area contributed by atoms with E-state index in [2.05, 4.69) is 46.5 Å². The Labute approximate surface area is 322 Å². The van der Waals surface area contributed by atoms with Crippen molar-refractivity contribution in [3.05, 3.63) is 65.2 Å². The van der Waals surface area contributed by atoms with Gasteiger partial charge in [-0.1, -0.05) is 0 Å². The summed E-state index contributed by atoms with van der Waals surface area (Å²) in [6.07, 6.45) is 8.38. The summed E-state index contributed by atoms with van der Waals surface area (Å²) in [7, 11) is 0. The number of β-amino-alcohol motifs (C(OH)–C–C–N with tert-alkyl or cyclic N) is 2. The number of aliphatic hydroxyl groups excluding tert-OH is 2. The van der Waals surface area contributed by atoms with Gasteiger partial charge in [0.25, 0.3) is 11.8 Å². The van der Waals surface area contributed by atoms with E-state index in [1.54, 1.807) is 18.2 Å². The number of carbonyl (C=O) groups is 2. The predicted octanol–water partition coefficient (Wildman–Crippen LogP) is 3.08. The van der Waals surface area contributed by atoms with Crippen LogP contribution in [0.15, 0.2) is 48.8 Å². The quantitative estimate of drug-likeness (QED) is 0.0909. The molecule has 2 amide bonds. The van der Waals surface area contributed by atoms with Crippen LogP contribution in [0.5, 0.6) is 11.5 Å². The molecule has 0 bridgehead atoms. The number of nitrogen functional groups attached to an aromatic ring is 1. The van der Waals surface area contributed by atoms with Crippen molar-refractivity contribution in [3.8, 4) is 11.5 Å². The van der Waals surface area contributed by atoms with E-state index in [-0.39, 0.29) is 23.0 Å². The first-order valence-electron chi connectivity index (χ1n) is 17.9. The minimum Gasteiger partial charge on any atom is -0.489 e. The Morgan fingerprint density at radius 3 is 1.84 bits per heavy atom. The average molecular weight is 777 g/mol. The van der Waals surface area contributed by atoms with Gasteiger partial charge in [0, 0.05) is 48.9 Å². The van der Waals surface area contributed by atoms with Crippen molar-refractivity contribution in [3.63, 3.8) is 0 Å². The van der Waals surface area contributed by atoms with E-state index < -0.39 is 24.0 Å². The molecule has 2 aliphatic carbocycles. The Bertz CT molecular complexity index is 1980. The van der Waals surface area contributed by atoms with Crippen LogP contribution >= 0.6 is 11.6 Å². The smallest absolute Gasteiger partial charge is 0.254 e. The summed E-state index contributed by atoms with van der Waals surface area (Å²) in [4.78, 5) is 39.0. The Balaban J connectivity index is 0.000000155. The molecule has 2 saturated carbocycles. The molecule has 4 aliphatic rings. The first-order chi connectivity index (χ1) is 26.5. The third kappa shape index (κ3) is 10.6. The highest BCUT2D eigenvalue weighted by molar-refractivity contribution is 6.28. The van der Waals surface area contributed by atoms with Crippen LogP contribution in [0, 0.1) is 0 Å². The van der Waals surface area contributed by atoms with Crippen LogP contribution in [-0.2, 0) is 0 Å². The van der Waals surface area contributed by atoms with E-state index in [0.29, 0.717) is 60.8 Å². The monoisotopic (exact) mass is 776 g/mol. The Kier molecular flexibility index (Phi) is 12.7. The maximum Gasteiger partial charge on any atom is 0.254 e. The van der Waals surface area contributed by atoms with Crippen molar-refractivity contribution >= 4 is 63.7 Å². The second-order valence-corrected chi connectivity index (χ2v) is 13.8. The lowest BCUT2D eigenvalue weighted by molar-refractivity contribution is 0.0991. The van der Waals surface area contributed by atoms with Gasteiger partial charge in [-0.3, -0.25) is 9.59 Å². The molecular formula is C36H45ClN12O6. The minimum absolute atomic E-state index is 0.113. The first kappa shape index (κ1) is 38.9. The number of amides is 2. The molecular weight excluding hydrogens is 732 g/mol. The number of nitrogens with two attached hydrogens (primary N) is 3. The van der Waals surface area contributed by atoms with Crippen LogP contribution in [0.1, 0.15) is 59.2 Å². The van der Waals surface area contributed by atoms with Crippen molar-refractivity contribution in [2.45, 2.75) is 62.8 Å². The standard InChI is InChI=1S/C18H22N6O3.C9H11ClN4O.C9H12N2O2/c19-16(26)13-8-21-18(24-17(13)22-10-2-1-3-10)23-11-4-5-15-14(6-11)20-7-12(25)9-27-15;10-9-12-4-6(7(11)15)8(14-9)13-5-2-1-3-5;10-6-1-2-9-8(3-6)11-4-7(12)5-13-9/h4-6,8,10,12,20,25H,1-3,7,9H2,(H2,19,26)(H2,21,22,23,24);4-5H,1-3H2,(H2,11,15)(H,12,13,14);1-3,7,11-12H,4-5,10H2. The van der Waals surface area contributed by atoms with Crippen molar-refractivity contribution in [2.24, 2.45) is 11.5 Å². The second-order valence-electron chi connectivity index (χ2n) is 13.4.